The van der Waals surface area contributed by atoms with Crippen LogP contribution in [0, 0.1) is 5.82 Å². The Morgan fingerprint density at radius 2 is 2.06 bits per heavy atom. The Morgan fingerprint density at radius 3 is 2.59 bits per heavy atom. The van der Waals surface area contributed by atoms with Crippen LogP contribution >= 0.6 is 0 Å². The van der Waals surface area contributed by atoms with Crippen LogP contribution in [0.3, 0.4) is 0 Å². The van der Waals surface area contributed by atoms with Crippen molar-refractivity contribution in [2.24, 2.45) is 7.05 Å². The SMILES string of the molecule is Cn1ncnc1CC(CO)c1ccc(F)cc1. The summed E-state index contributed by atoms with van der Waals surface area (Å²) in [7, 11) is 1.81. The highest BCUT2D eigenvalue weighted by Gasteiger charge is 2.14. The highest BCUT2D eigenvalue weighted by Crippen LogP contribution is 2.19. The Balaban J connectivity index is 2.17. The van der Waals surface area contributed by atoms with Crippen molar-refractivity contribution in [1.29, 1.82) is 0 Å². The summed E-state index contributed by atoms with van der Waals surface area (Å²) in [5.41, 5.74) is 0.900. The fourth-order valence-electron chi connectivity index (χ4n) is 1.75. The number of benzene rings is 1. The van der Waals surface area contributed by atoms with Crippen LogP contribution < -0.4 is 0 Å². The van der Waals surface area contributed by atoms with E-state index in [9.17, 15) is 9.50 Å². The van der Waals surface area contributed by atoms with Gasteiger partial charge < -0.3 is 5.11 Å². The number of halogens is 1. The van der Waals surface area contributed by atoms with E-state index >= 15 is 0 Å². The molecule has 0 amide bonds. The molecule has 4 nitrogen and oxygen atoms in total. The van der Waals surface area contributed by atoms with Crippen molar-refractivity contribution in [1.82, 2.24) is 14.8 Å². The molecule has 1 aromatic carbocycles. The van der Waals surface area contributed by atoms with Crippen LogP contribution in [-0.4, -0.2) is 26.5 Å². The molecule has 2 rings (SSSR count). The van der Waals surface area contributed by atoms with Gasteiger partial charge >= 0.3 is 0 Å². The fourth-order valence-corrected chi connectivity index (χ4v) is 1.75. The molecule has 0 radical (unpaired) electrons. The van der Waals surface area contributed by atoms with Gasteiger partial charge in [-0.2, -0.15) is 5.10 Å². The van der Waals surface area contributed by atoms with Gasteiger partial charge in [-0.3, -0.25) is 4.68 Å². The molecule has 0 bridgehead atoms. The molecule has 1 aromatic heterocycles. The van der Waals surface area contributed by atoms with Gasteiger partial charge in [0.1, 0.15) is 18.0 Å². The Labute approximate surface area is 98.7 Å². The van der Waals surface area contributed by atoms with Gasteiger partial charge in [-0.05, 0) is 17.7 Å². The van der Waals surface area contributed by atoms with Gasteiger partial charge in [0.25, 0.3) is 0 Å². The topological polar surface area (TPSA) is 50.9 Å². The summed E-state index contributed by atoms with van der Waals surface area (Å²) in [5, 5.41) is 13.4. The van der Waals surface area contributed by atoms with E-state index in [-0.39, 0.29) is 18.3 Å². The van der Waals surface area contributed by atoms with Gasteiger partial charge in [0.05, 0.1) is 6.61 Å². The van der Waals surface area contributed by atoms with E-state index < -0.39 is 0 Å². The molecule has 0 saturated heterocycles. The minimum absolute atomic E-state index is 0.00150. The summed E-state index contributed by atoms with van der Waals surface area (Å²) >= 11 is 0. The first-order chi connectivity index (χ1) is 8.20. The van der Waals surface area contributed by atoms with Crippen molar-refractivity contribution in [3.8, 4) is 0 Å². The molecule has 5 heteroatoms. The number of aliphatic hydroxyl groups is 1. The lowest BCUT2D eigenvalue weighted by Gasteiger charge is -2.13. The van der Waals surface area contributed by atoms with Crippen molar-refractivity contribution >= 4 is 0 Å². The summed E-state index contributed by atoms with van der Waals surface area (Å²) in [6, 6.07) is 6.17. The average molecular weight is 235 g/mol. The largest absolute Gasteiger partial charge is 0.396 e. The Kier molecular flexibility index (Phi) is 3.49. The number of nitrogens with zero attached hydrogens (tertiary/aromatic N) is 3. The van der Waals surface area contributed by atoms with Crippen LogP contribution in [0.2, 0.25) is 0 Å². The predicted molar refractivity (Wildman–Crippen MR) is 60.9 cm³/mol. The lowest BCUT2D eigenvalue weighted by molar-refractivity contribution is 0.262. The van der Waals surface area contributed by atoms with Crippen molar-refractivity contribution in [3.63, 3.8) is 0 Å². The van der Waals surface area contributed by atoms with E-state index in [1.807, 2.05) is 0 Å². The number of hydrogen-bond acceptors (Lipinski definition) is 3. The zero-order valence-corrected chi connectivity index (χ0v) is 9.55. The monoisotopic (exact) mass is 235 g/mol. The normalized spacial score (nSPS) is 12.6. The van der Waals surface area contributed by atoms with E-state index in [4.69, 9.17) is 0 Å². The van der Waals surface area contributed by atoms with Gasteiger partial charge in [-0.25, -0.2) is 9.37 Å². The van der Waals surface area contributed by atoms with Crippen LogP contribution in [0.15, 0.2) is 30.6 Å². The third-order valence-electron chi connectivity index (χ3n) is 2.80. The van der Waals surface area contributed by atoms with E-state index in [1.165, 1.54) is 18.5 Å². The summed E-state index contributed by atoms with van der Waals surface area (Å²) in [6.07, 6.45) is 2.06. The number of rotatable bonds is 4. The second kappa shape index (κ2) is 5.05. The molecule has 1 unspecified atom stereocenters. The third kappa shape index (κ3) is 2.68. The first-order valence-electron chi connectivity index (χ1n) is 5.40. The lowest BCUT2D eigenvalue weighted by Crippen LogP contribution is -2.11. The lowest BCUT2D eigenvalue weighted by atomic mass is 9.96. The molecule has 2 aromatic rings. The van der Waals surface area contributed by atoms with E-state index in [0.717, 1.165) is 11.4 Å². The number of hydrogen-bond donors (Lipinski definition) is 1. The summed E-state index contributed by atoms with van der Waals surface area (Å²) in [5.74, 6) is 0.441. The number of aliphatic hydroxyl groups excluding tert-OH is 1. The minimum Gasteiger partial charge on any atom is -0.396 e. The summed E-state index contributed by atoms with van der Waals surface area (Å²) in [6.45, 7) is -0.00150. The maximum absolute atomic E-state index is 12.8. The molecule has 17 heavy (non-hydrogen) atoms. The maximum Gasteiger partial charge on any atom is 0.138 e. The average Bonchev–Trinajstić information content (AvgIpc) is 2.73. The van der Waals surface area contributed by atoms with Crippen LogP contribution in [0.25, 0.3) is 0 Å². The Hall–Kier alpha value is -1.75. The van der Waals surface area contributed by atoms with E-state index in [0.29, 0.717) is 6.42 Å². The quantitative estimate of drug-likeness (QED) is 0.868. The Morgan fingerprint density at radius 1 is 1.35 bits per heavy atom. The molecule has 1 atom stereocenters. The Bertz CT molecular complexity index is 481. The van der Waals surface area contributed by atoms with Crippen LogP contribution in [0.5, 0.6) is 0 Å². The molecular formula is C12H14FN3O. The van der Waals surface area contributed by atoms with E-state index in [1.54, 1.807) is 23.9 Å². The highest BCUT2D eigenvalue weighted by molar-refractivity contribution is 5.21. The van der Waals surface area contributed by atoms with E-state index in [2.05, 4.69) is 10.1 Å². The molecule has 0 spiro atoms. The zero-order valence-electron chi connectivity index (χ0n) is 9.55. The maximum atomic E-state index is 12.8. The minimum atomic E-state index is -0.274. The second-order valence-electron chi connectivity index (χ2n) is 3.94. The molecule has 0 fully saturated rings. The van der Waals surface area contributed by atoms with Gasteiger partial charge in [0, 0.05) is 19.4 Å². The van der Waals surface area contributed by atoms with Crippen molar-refractivity contribution in [2.45, 2.75) is 12.3 Å². The molecule has 0 aliphatic heterocycles. The van der Waals surface area contributed by atoms with Crippen molar-refractivity contribution in [2.75, 3.05) is 6.61 Å². The summed E-state index contributed by atoms with van der Waals surface area (Å²) in [4.78, 5) is 4.11. The number of aromatic nitrogens is 3. The third-order valence-corrected chi connectivity index (χ3v) is 2.80. The molecule has 1 N–H and O–H groups in total. The molecule has 0 saturated carbocycles. The van der Waals surface area contributed by atoms with Gasteiger partial charge in [0.2, 0.25) is 0 Å². The van der Waals surface area contributed by atoms with Gasteiger partial charge in [-0.15, -0.1) is 0 Å². The van der Waals surface area contributed by atoms with Crippen LogP contribution in [0.1, 0.15) is 17.3 Å². The van der Waals surface area contributed by atoms with Gasteiger partial charge in [0.15, 0.2) is 0 Å². The predicted octanol–water partition coefficient (Wildman–Crippen LogP) is 1.27. The molecule has 1 heterocycles. The second-order valence-corrected chi connectivity index (χ2v) is 3.94. The molecule has 0 aliphatic carbocycles. The van der Waals surface area contributed by atoms with Crippen molar-refractivity contribution < 1.29 is 9.50 Å². The first kappa shape index (κ1) is 11.7. The standard InChI is InChI=1S/C12H14FN3O/c1-16-12(14-8-15-16)6-10(7-17)9-2-4-11(13)5-3-9/h2-5,8,10,17H,6-7H2,1H3. The number of aryl methyl sites for hydroxylation is 1. The first-order valence-corrected chi connectivity index (χ1v) is 5.40. The van der Waals surface area contributed by atoms with Crippen LogP contribution in [0.4, 0.5) is 4.39 Å². The fraction of sp³-hybridized carbons (Fsp3) is 0.333. The molecule has 0 aliphatic rings. The van der Waals surface area contributed by atoms with Crippen molar-refractivity contribution in [3.05, 3.63) is 47.8 Å². The molecule has 90 valence electrons. The summed E-state index contributed by atoms with van der Waals surface area (Å²) < 4.78 is 14.5. The van der Waals surface area contributed by atoms with Crippen LogP contribution in [-0.2, 0) is 13.5 Å². The smallest absolute Gasteiger partial charge is 0.138 e. The molecular weight excluding hydrogens is 221 g/mol. The van der Waals surface area contributed by atoms with Gasteiger partial charge in [-0.1, -0.05) is 12.1 Å². The zero-order chi connectivity index (χ0) is 12.3. The highest BCUT2D eigenvalue weighted by atomic mass is 19.1.